The van der Waals surface area contributed by atoms with Gasteiger partial charge in [-0.05, 0) is 75.0 Å². The van der Waals surface area contributed by atoms with Crippen LogP contribution in [-0.4, -0.2) is 12.1 Å². The lowest BCUT2D eigenvalue weighted by Crippen LogP contribution is -2.22. The number of rotatable bonds is 12. The van der Waals surface area contributed by atoms with Crippen LogP contribution >= 0.6 is 0 Å². The number of hydrogen-bond donors (Lipinski definition) is 0. The van der Waals surface area contributed by atoms with Crippen LogP contribution < -0.4 is 9.47 Å². The highest BCUT2D eigenvalue weighted by Crippen LogP contribution is 2.41. The molecule has 0 aliphatic carbocycles. The van der Waals surface area contributed by atoms with E-state index in [2.05, 4.69) is 41.5 Å². The van der Waals surface area contributed by atoms with Crippen molar-refractivity contribution in [2.75, 3.05) is 0 Å². The van der Waals surface area contributed by atoms with Crippen molar-refractivity contribution in [3.63, 3.8) is 0 Å². The number of esters is 1. The third-order valence-corrected chi connectivity index (χ3v) is 7.76. The molecule has 0 bridgehead atoms. The van der Waals surface area contributed by atoms with E-state index in [0.29, 0.717) is 0 Å². The molecule has 0 amide bonds. The van der Waals surface area contributed by atoms with Gasteiger partial charge in [0.05, 0.1) is 12.0 Å². The van der Waals surface area contributed by atoms with Crippen molar-refractivity contribution >= 4 is 5.97 Å². The van der Waals surface area contributed by atoms with Crippen molar-refractivity contribution in [1.82, 2.24) is 0 Å². The van der Waals surface area contributed by atoms with E-state index in [4.69, 9.17) is 9.47 Å². The molecule has 0 fully saturated rings. The van der Waals surface area contributed by atoms with Gasteiger partial charge in [-0.15, -0.1) is 0 Å². The van der Waals surface area contributed by atoms with Crippen LogP contribution in [-0.2, 0) is 11.2 Å². The molecule has 3 unspecified atom stereocenters. The SMILES string of the molecule is CCCC(C)CCCC(C)CCCC(C)C.Cc1c(C)c2c(c(C)c1OC(=O)C(C)C)CCC(C)O2. The van der Waals surface area contributed by atoms with Crippen molar-refractivity contribution in [3.05, 3.63) is 22.3 Å². The summed E-state index contributed by atoms with van der Waals surface area (Å²) in [6, 6.07) is 0. The second-order valence-corrected chi connectivity index (χ2v) is 12.3. The molecular formula is C33H58O3. The fourth-order valence-corrected chi connectivity index (χ4v) is 5.07. The van der Waals surface area contributed by atoms with Gasteiger partial charge < -0.3 is 9.47 Å². The zero-order valence-corrected chi connectivity index (χ0v) is 25.7. The monoisotopic (exact) mass is 502 g/mol. The number of ether oxygens (including phenoxy) is 2. The Morgan fingerprint density at radius 3 is 1.94 bits per heavy atom. The summed E-state index contributed by atoms with van der Waals surface area (Å²) in [6.45, 7) is 23.7. The highest BCUT2D eigenvalue weighted by molar-refractivity contribution is 5.76. The first-order chi connectivity index (χ1) is 16.9. The van der Waals surface area contributed by atoms with E-state index < -0.39 is 0 Å². The van der Waals surface area contributed by atoms with Gasteiger partial charge in [0.15, 0.2) is 0 Å². The zero-order chi connectivity index (χ0) is 27.4. The minimum atomic E-state index is -0.180. The molecule has 0 N–H and O–H groups in total. The van der Waals surface area contributed by atoms with E-state index in [0.717, 1.165) is 58.8 Å². The van der Waals surface area contributed by atoms with Gasteiger partial charge >= 0.3 is 5.97 Å². The van der Waals surface area contributed by atoms with Gasteiger partial charge in [-0.3, -0.25) is 4.79 Å². The predicted octanol–water partition coefficient (Wildman–Crippen LogP) is 9.94. The van der Waals surface area contributed by atoms with Crippen molar-refractivity contribution in [3.8, 4) is 11.5 Å². The average Bonchev–Trinajstić information content (AvgIpc) is 2.80. The van der Waals surface area contributed by atoms with Gasteiger partial charge in [-0.1, -0.05) is 99.8 Å². The van der Waals surface area contributed by atoms with Gasteiger partial charge in [0.25, 0.3) is 0 Å². The summed E-state index contributed by atoms with van der Waals surface area (Å²) in [5, 5.41) is 0. The van der Waals surface area contributed by atoms with E-state index >= 15 is 0 Å². The lowest BCUT2D eigenvalue weighted by molar-refractivity contribution is -0.137. The first-order valence-electron chi connectivity index (χ1n) is 14.9. The Hall–Kier alpha value is -1.51. The van der Waals surface area contributed by atoms with Crippen LogP contribution in [0.1, 0.15) is 135 Å². The van der Waals surface area contributed by atoms with Crippen LogP contribution in [0.2, 0.25) is 0 Å². The van der Waals surface area contributed by atoms with Crippen LogP contribution in [0.3, 0.4) is 0 Å². The molecule has 1 heterocycles. The van der Waals surface area contributed by atoms with Crippen LogP contribution in [0.15, 0.2) is 0 Å². The molecule has 208 valence electrons. The summed E-state index contributed by atoms with van der Waals surface area (Å²) in [6.07, 6.45) is 13.7. The first kappa shape index (κ1) is 32.5. The number of carbonyl (C=O) groups is 1. The van der Waals surface area contributed by atoms with Crippen molar-refractivity contribution < 1.29 is 14.3 Å². The Balaban J connectivity index is 0.000000371. The highest BCUT2D eigenvalue weighted by Gasteiger charge is 2.26. The molecule has 0 radical (unpaired) electrons. The molecule has 1 aromatic rings. The minimum absolute atomic E-state index is 0.124. The summed E-state index contributed by atoms with van der Waals surface area (Å²) in [5.41, 5.74) is 4.33. The number of fused-ring (bicyclic) bond motifs is 1. The largest absolute Gasteiger partial charge is 0.490 e. The van der Waals surface area contributed by atoms with Crippen molar-refractivity contribution in [2.24, 2.45) is 23.7 Å². The maximum absolute atomic E-state index is 11.9. The Bertz CT molecular complexity index is 793. The molecule has 3 nitrogen and oxygen atoms in total. The third kappa shape index (κ3) is 10.9. The Morgan fingerprint density at radius 2 is 1.42 bits per heavy atom. The van der Waals surface area contributed by atoms with Crippen molar-refractivity contribution in [2.45, 2.75) is 146 Å². The van der Waals surface area contributed by atoms with Gasteiger partial charge in [-0.2, -0.15) is 0 Å². The standard InChI is InChI=1S/C17H24O3.C16H34/c1-9(2)17(18)20-15-11(4)12(5)16-14(13(15)6)8-7-10(3)19-16;1-6-9-15(4)12-8-13-16(5)11-7-10-14(2)3/h9-10H,7-8H2,1-6H3;14-16H,6-13H2,1-5H3. The van der Waals surface area contributed by atoms with E-state index in [9.17, 15) is 4.79 Å². The molecule has 1 aliphatic heterocycles. The maximum atomic E-state index is 11.9. The van der Waals surface area contributed by atoms with Gasteiger partial charge in [0, 0.05) is 5.56 Å². The molecular weight excluding hydrogens is 444 g/mol. The smallest absolute Gasteiger partial charge is 0.313 e. The summed E-state index contributed by atoms with van der Waals surface area (Å²) >= 11 is 0. The zero-order valence-electron chi connectivity index (χ0n) is 25.7. The second-order valence-electron chi connectivity index (χ2n) is 12.3. The molecule has 3 atom stereocenters. The average molecular weight is 503 g/mol. The number of benzene rings is 1. The molecule has 0 saturated carbocycles. The summed E-state index contributed by atoms with van der Waals surface area (Å²) in [4.78, 5) is 11.9. The van der Waals surface area contributed by atoms with Crippen LogP contribution in [0.25, 0.3) is 0 Å². The maximum Gasteiger partial charge on any atom is 0.313 e. The van der Waals surface area contributed by atoms with Gasteiger partial charge in [0.1, 0.15) is 11.5 Å². The fraction of sp³-hybridized carbons (Fsp3) is 0.788. The van der Waals surface area contributed by atoms with Crippen LogP contribution in [0, 0.1) is 44.4 Å². The highest BCUT2D eigenvalue weighted by atomic mass is 16.5. The summed E-state index contributed by atoms with van der Waals surface area (Å²) in [5.74, 6) is 4.19. The Labute approximate surface area is 224 Å². The Morgan fingerprint density at radius 1 is 0.861 bits per heavy atom. The molecule has 1 aliphatic rings. The molecule has 36 heavy (non-hydrogen) atoms. The minimum Gasteiger partial charge on any atom is -0.490 e. The number of hydrogen-bond acceptors (Lipinski definition) is 3. The summed E-state index contributed by atoms with van der Waals surface area (Å²) < 4.78 is 11.6. The van der Waals surface area contributed by atoms with Gasteiger partial charge in [-0.25, -0.2) is 0 Å². The molecule has 0 saturated heterocycles. The number of carbonyl (C=O) groups excluding carboxylic acids is 1. The quantitative estimate of drug-likeness (QED) is 0.211. The molecule has 0 spiro atoms. The second kappa shape index (κ2) is 16.4. The van der Waals surface area contributed by atoms with Crippen LogP contribution in [0.4, 0.5) is 0 Å². The van der Waals surface area contributed by atoms with E-state index in [1.165, 1.54) is 56.9 Å². The predicted molar refractivity (Wildman–Crippen MR) is 155 cm³/mol. The topological polar surface area (TPSA) is 35.5 Å². The molecule has 3 heteroatoms. The normalized spacial score (nSPS) is 16.6. The van der Waals surface area contributed by atoms with E-state index in [-0.39, 0.29) is 18.0 Å². The lowest BCUT2D eigenvalue weighted by atomic mass is 9.92. The molecule has 0 aromatic heterocycles. The third-order valence-electron chi connectivity index (χ3n) is 7.76. The first-order valence-corrected chi connectivity index (χ1v) is 14.9. The summed E-state index contributed by atoms with van der Waals surface area (Å²) in [7, 11) is 0. The van der Waals surface area contributed by atoms with E-state index in [1.54, 1.807) is 0 Å². The van der Waals surface area contributed by atoms with Crippen LogP contribution in [0.5, 0.6) is 11.5 Å². The molecule has 2 rings (SSSR count). The molecule has 1 aromatic carbocycles. The Kier molecular flexibility index (Phi) is 14.8. The fourth-order valence-electron chi connectivity index (χ4n) is 5.07. The lowest BCUT2D eigenvalue weighted by Gasteiger charge is -2.29. The van der Waals surface area contributed by atoms with Gasteiger partial charge in [0.2, 0.25) is 0 Å². The van der Waals surface area contributed by atoms with Crippen molar-refractivity contribution in [1.29, 1.82) is 0 Å². The van der Waals surface area contributed by atoms with E-state index in [1.807, 2.05) is 34.6 Å².